The second kappa shape index (κ2) is 8.99. The number of aromatic nitrogens is 2. The van der Waals surface area contributed by atoms with E-state index in [4.69, 9.17) is 0 Å². The van der Waals surface area contributed by atoms with Gasteiger partial charge < -0.3 is 15.1 Å². The topological polar surface area (TPSA) is 61.4 Å². The third kappa shape index (κ3) is 4.85. The molecule has 1 heterocycles. The summed E-state index contributed by atoms with van der Waals surface area (Å²) in [6, 6.07) is 21.4. The van der Waals surface area contributed by atoms with Crippen LogP contribution in [0.4, 0.5) is 17.2 Å². The molecule has 0 spiro atoms. The van der Waals surface area contributed by atoms with Crippen molar-refractivity contribution in [1.29, 1.82) is 0 Å². The average molecular weight is 375 g/mol. The van der Waals surface area contributed by atoms with Crippen molar-refractivity contribution in [3.05, 3.63) is 78.0 Å². The molecule has 0 aliphatic rings. The maximum atomic E-state index is 12.4. The van der Waals surface area contributed by atoms with Crippen molar-refractivity contribution in [2.24, 2.45) is 0 Å². The fraction of sp³-hybridized carbons (Fsp3) is 0.227. The lowest BCUT2D eigenvalue weighted by Crippen LogP contribution is -2.24. The zero-order chi connectivity index (χ0) is 19.9. The molecule has 1 aromatic heterocycles. The van der Waals surface area contributed by atoms with E-state index >= 15 is 0 Å². The molecule has 3 rings (SSSR count). The first-order chi connectivity index (χ1) is 13.6. The van der Waals surface area contributed by atoms with Crippen LogP contribution in [0.5, 0.6) is 0 Å². The maximum Gasteiger partial charge on any atom is 0.276 e. The van der Waals surface area contributed by atoms with E-state index in [1.54, 1.807) is 6.07 Å². The summed E-state index contributed by atoms with van der Waals surface area (Å²) in [6.45, 7) is 3.62. The highest BCUT2D eigenvalue weighted by Crippen LogP contribution is 2.17. The smallest absolute Gasteiger partial charge is 0.276 e. The Balaban J connectivity index is 1.66. The Morgan fingerprint density at radius 1 is 0.929 bits per heavy atom. The molecule has 6 heteroatoms. The molecule has 28 heavy (non-hydrogen) atoms. The first-order valence-electron chi connectivity index (χ1n) is 9.28. The molecule has 0 fully saturated rings. The van der Waals surface area contributed by atoms with Crippen LogP contribution in [0.3, 0.4) is 0 Å². The largest absolute Gasteiger partial charge is 0.378 e. The van der Waals surface area contributed by atoms with Crippen LogP contribution in [0.1, 0.15) is 23.0 Å². The first kappa shape index (κ1) is 19.4. The molecule has 3 aromatic rings. The van der Waals surface area contributed by atoms with E-state index in [9.17, 15) is 4.79 Å². The van der Waals surface area contributed by atoms with E-state index in [2.05, 4.69) is 39.5 Å². The van der Waals surface area contributed by atoms with Gasteiger partial charge in [0.2, 0.25) is 0 Å². The molecule has 144 valence electrons. The van der Waals surface area contributed by atoms with Crippen molar-refractivity contribution in [2.45, 2.75) is 13.5 Å². The van der Waals surface area contributed by atoms with E-state index in [-0.39, 0.29) is 11.6 Å². The number of rotatable bonds is 7. The zero-order valence-electron chi connectivity index (χ0n) is 16.5. The van der Waals surface area contributed by atoms with E-state index in [1.807, 2.05) is 67.5 Å². The van der Waals surface area contributed by atoms with Crippen molar-refractivity contribution in [1.82, 2.24) is 10.2 Å². The number of hydrogen-bond acceptors (Lipinski definition) is 5. The molecule has 1 N–H and O–H groups in total. The van der Waals surface area contributed by atoms with E-state index in [1.165, 1.54) is 5.56 Å². The van der Waals surface area contributed by atoms with Crippen LogP contribution in [0, 0.1) is 0 Å². The Morgan fingerprint density at radius 3 is 2.21 bits per heavy atom. The van der Waals surface area contributed by atoms with Gasteiger partial charge in [0, 0.05) is 38.6 Å². The zero-order valence-corrected chi connectivity index (χ0v) is 16.5. The van der Waals surface area contributed by atoms with Gasteiger partial charge in [-0.1, -0.05) is 30.3 Å². The Bertz CT molecular complexity index is 892. The van der Waals surface area contributed by atoms with Gasteiger partial charge in [0.05, 0.1) is 0 Å². The number of benzene rings is 2. The number of hydrogen-bond donors (Lipinski definition) is 1. The molecular weight excluding hydrogens is 350 g/mol. The summed E-state index contributed by atoms with van der Waals surface area (Å²) < 4.78 is 0. The molecule has 0 saturated heterocycles. The van der Waals surface area contributed by atoms with Gasteiger partial charge in [0.1, 0.15) is 0 Å². The van der Waals surface area contributed by atoms with Gasteiger partial charge in [-0.05, 0) is 48.9 Å². The number of nitrogens with zero attached hydrogens (tertiary/aromatic N) is 4. The van der Waals surface area contributed by atoms with Gasteiger partial charge in [-0.15, -0.1) is 10.2 Å². The summed E-state index contributed by atoms with van der Waals surface area (Å²) in [6.07, 6.45) is 0. The van der Waals surface area contributed by atoms with E-state index in [0.717, 1.165) is 30.3 Å². The first-order valence-corrected chi connectivity index (χ1v) is 9.28. The summed E-state index contributed by atoms with van der Waals surface area (Å²) in [4.78, 5) is 16.6. The van der Waals surface area contributed by atoms with E-state index < -0.39 is 0 Å². The molecule has 0 saturated carbocycles. The lowest BCUT2D eigenvalue weighted by atomic mass is 10.2. The summed E-state index contributed by atoms with van der Waals surface area (Å²) >= 11 is 0. The van der Waals surface area contributed by atoms with Crippen molar-refractivity contribution in [3.63, 3.8) is 0 Å². The molecule has 0 bridgehead atoms. The van der Waals surface area contributed by atoms with Gasteiger partial charge in [0.15, 0.2) is 11.5 Å². The maximum absolute atomic E-state index is 12.4. The van der Waals surface area contributed by atoms with Gasteiger partial charge in [-0.25, -0.2) is 0 Å². The van der Waals surface area contributed by atoms with Crippen LogP contribution in [0.2, 0.25) is 0 Å². The van der Waals surface area contributed by atoms with Crippen LogP contribution < -0.4 is 15.1 Å². The van der Waals surface area contributed by atoms with Gasteiger partial charge in [-0.3, -0.25) is 4.79 Å². The molecular formula is C22H25N5O. The summed E-state index contributed by atoms with van der Waals surface area (Å²) in [7, 11) is 3.95. The number of amides is 1. The Hall–Kier alpha value is -3.41. The van der Waals surface area contributed by atoms with Crippen LogP contribution >= 0.6 is 0 Å². The predicted molar refractivity (Wildman–Crippen MR) is 114 cm³/mol. The predicted octanol–water partition coefficient (Wildman–Crippen LogP) is 3.82. The van der Waals surface area contributed by atoms with Crippen molar-refractivity contribution >= 4 is 23.1 Å². The fourth-order valence-corrected chi connectivity index (χ4v) is 2.81. The Morgan fingerprint density at radius 2 is 1.64 bits per heavy atom. The second-order valence-electron chi connectivity index (χ2n) is 6.67. The SMILES string of the molecule is CCN(Cc1ccccc1)c1ccc(C(=O)Nc2ccc(N(C)C)cc2)nn1. The number of carbonyl (C=O) groups is 1. The number of carbonyl (C=O) groups excluding carboxylic acids is 1. The van der Waals surface area contributed by atoms with E-state index in [0.29, 0.717) is 0 Å². The average Bonchev–Trinajstić information content (AvgIpc) is 2.73. The molecule has 2 aromatic carbocycles. The van der Waals surface area contributed by atoms with Gasteiger partial charge >= 0.3 is 0 Å². The minimum Gasteiger partial charge on any atom is -0.378 e. The van der Waals surface area contributed by atoms with Crippen LogP contribution in [-0.4, -0.2) is 36.7 Å². The molecule has 0 aliphatic heterocycles. The van der Waals surface area contributed by atoms with Crippen molar-refractivity contribution in [3.8, 4) is 0 Å². The lowest BCUT2D eigenvalue weighted by molar-refractivity contribution is 0.102. The molecule has 1 amide bonds. The molecule has 0 atom stereocenters. The lowest BCUT2D eigenvalue weighted by Gasteiger charge is -2.21. The number of nitrogens with one attached hydrogen (secondary N) is 1. The third-order valence-corrected chi connectivity index (χ3v) is 4.45. The van der Waals surface area contributed by atoms with Crippen molar-refractivity contribution in [2.75, 3.05) is 35.8 Å². The van der Waals surface area contributed by atoms with Crippen LogP contribution in [0.15, 0.2) is 66.7 Å². The quantitative estimate of drug-likeness (QED) is 0.680. The summed E-state index contributed by atoms with van der Waals surface area (Å²) in [5, 5.41) is 11.2. The standard InChI is InChI=1S/C22H25N5O/c1-4-27(16-17-8-6-5-7-9-17)21-15-14-20(24-25-21)22(28)23-18-10-12-19(13-11-18)26(2)3/h5-15H,4,16H2,1-3H3,(H,23,28). The monoisotopic (exact) mass is 375 g/mol. The Labute approximate surface area is 165 Å². The molecule has 0 radical (unpaired) electrons. The minimum absolute atomic E-state index is 0.275. The van der Waals surface area contributed by atoms with Gasteiger partial charge in [0.25, 0.3) is 5.91 Å². The highest BCUT2D eigenvalue weighted by molar-refractivity contribution is 6.02. The highest BCUT2D eigenvalue weighted by atomic mass is 16.1. The second-order valence-corrected chi connectivity index (χ2v) is 6.67. The fourth-order valence-electron chi connectivity index (χ4n) is 2.81. The molecule has 6 nitrogen and oxygen atoms in total. The normalized spacial score (nSPS) is 10.4. The number of anilines is 3. The summed E-state index contributed by atoms with van der Waals surface area (Å²) in [5.41, 5.74) is 3.28. The highest BCUT2D eigenvalue weighted by Gasteiger charge is 2.12. The molecule has 0 aliphatic carbocycles. The van der Waals surface area contributed by atoms with Crippen LogP contribution in [0.25, 0.3) is 0 Å². The van der Waals surface area contributed by atoms with Crippen LogP contribution in [-0.2, 0) is 6.54 Å². The minimum atomic E-state index is -0.275. The molecule has 0 unspecified atom stereocenters. The Kier molecular flexibility index (Phi) is 6.22. The van der Waals surface area contributed by atoms with Crippen molar-refractivity contribution < 1.29 is 4.79 Å². The van der Waals surface area contributed by atoms with Gasteiger partial charge in [-0.2, -0.15) is 0 Å². The third-order valence-electron chi connectivity index (χ3n) is 4.45. The summed E-state index contributed by atoms with van der Waals surface area (Å²) in [5.74, 6) is 0.473.